The zero-order chi connectivity index (χ0) is 10.8. The maximum atomic E-state index is 11.6. The first kappa shape index (κ1) is 10.2. The van der Waals surface area contributed by atoms with E-state index in [2.05, 4.69) is 20.6 Å². The van der Waals surface area contributed by atoms with Gasteiger partial charge in [0.05, 0.1) is 11.4 Å². The highest BCUT2D eigenvalue weighted by atomic mass is 16.2. The molecule has 1 aliphatic heterocycles. The SMILES string of the molecule is CC(C)NC(=O)c1nc2c([nH]1)CNCC2. The molecule has 0 saturated carbocycles. The van der Waals surface area contributed by atoms with Gasteiger partial charge in [0.15, 0.2) is 5.82 Å². The van der Waals surface area contributed by atoms with Gasteiger partial charge in [0.25, 0.3) is 5.91 Å². The fourth-order valence-corrected chi connectivity index (χ4v) is 1.66. The third kappa shape index (κ3) is 2.18. The van der Waals surface area contributed by atoms with Crippen LogP contribution in [-0.2, 0) is 13.0 Å². The summed E-state index contributed by atoms with van der Waals surface area (Å²) in [7, 11) is 0. The molecule has 1 aromatic heterocycles. The Balaban J connectivity index is 2.15. The number of H-pyrrole nitrogens is 1. The van der Waals surface area contributed by atoms with Gasteiger partial charge in [-0.15, -0.1) is 0 Å². The standard InChI is InChI=1S/C10H16N4O/c1-6(2)12-10(15)9-13-7-3-4-11-5-8(7)14-9/h6,11H,3-5H2,1-2H3,(H,12,15)(H,13,14). The lowest BCUT2D eigenvalue weighted by Gasteiger charge is -2.09. The second-order valence-electron chi connectivity index (χ2n) is 4.07. The first-order valence-corrected chi connectivity index (χ1v) is 5.26. The van der Waals surface area contributed by atoms with Crippen LogP contribution in [0.1, 0.15) is 35.9 Å². The van der Waals surface area contributed by atoms with E-state index in [4.69, 9.17) is 0 Å². The van der Waals surface area contributed by atoms with E-state index in [9.17, 15) is 4.79 Å². The lowest BCUT2D eigenvalue weighted by molar-refractivity contribution is 0.0933. The van der Waals surface area contributed by atoms with Crippen LogP contribution in [-0.4, -0.2) is 28.5 Å². The number of nitrogens with zero attached hydrogens (tertiary/aromatic N) is 1. The highest BCUT2D eigenvalue weighted by Crippen LogP contribution is 2.10. The van der Waals surface area contributed by atoms with Gasteiger partial charge in [0.1, 0.15) is 0 Å². The number of hydrogen-bond donors (Lipinski definition) is 3. The van der Waals surface area contributed by atoms with Gasteiger partial charge in [-0.1, -0.05) is 0 Å². The van der Waals surface area contributed by atoms with Crippen LogP contribution >= 0.6 is 0 Å². The average Bonchev–Trinajstić information content (AvgIpc) is 2.59. The van der Waals surface area contributed by atoms with Crippen LogP contribution in [0.4, 0.5) is 0 Å². The Morgan fingerprint density at radius 2 is 2.33 bits per heavy atom. The van der Waals surface area contributed by atoms with Crippen LogP contribution in [0.2, 0.25) is 0 Å². The summed E-state index contributed by atoms with van der Waals surface area (Å²) in [6.07, 6.45) is 0.890. The van der Waals surface area contributed by atoms with Crippen molar-refractivity contribution >= 4 is 5.91 Å². The lowest BCUT2D eigenvalue weighted by Crippen LogP contribution is -2.30. The second kappa shape index (κ2) is 4.02. The topological polar surface area (TPSA) is 69.8 Å². The Morgan fingerprint density at radius 3 is 3.00 bits per heavy atom. The molecule has 0 saturated heterocycles. The molecule has 5 nitrogen and oxygen atoms in total. The van der Waals surface area contributed by atoms with Crippen molar-refractivity contribution in [2.45, 2.75) is 32.9 Å². The third-order valence-electron chi connectivity index (χ3n) is 2.34. The fourth-order valence-electron chi connectivity index (χ4n) is 1.66. The molecule has 1 amide bonds. The maximum Gasteiger partial charge on any atom is 0.287 e. The molecule has 1 aromatic rings. The van der Waals surface area contributed by atoms with Gasteiger partial charge in [-0.25, -0.2) is 4.98 Å². The quantitative estimate of drug-likeness (QED) is 0.650. The lowest BCUT2D eigenvalue weighted by atomic mass is 10.2. The number of amides is 1. The van der Waals surface area contributed by atoms with Crippen LogP contribution < -0.4 is 10.6 Å². The Morgan fingerprint density at radius 1 is 1.53 bits per heavy atom. The van der Waals surface area contributed by atoms with Crippen molar-refractivity contribution < 1.29 is 4.79 Å². The molecule has 0 fully saturated rings. The number of carbonyl (C=O) groups is 1. The summed E-state index contributed by atoms with van der Waals surface area (Å²) in [5.41, 5.74) is 2.05. The van der Waals surface area contributed by atoms with Crippen LogP contribution in [0, 0.1) is 0 Å². The molecule has 5 heteroatoms. The zero-order valence-corrected chi connectivity index (χ0v) is 9.05. The Bertz CT molecular complexity index is 346. The second-order valence-corrected chi connectivity index (χ2v) is 4.07. The third-order valence-corrected chi connectivity index (χ3v) is 2.34. The van der Waals surface area contributed by atoms with Crippen LogP contribution in [0.15, 0.2) is 0 Å². The van der Waals surface area contributed by atoms with E-state index < -0.39 is 0 Å². The monoisotopic (exact) mass is 208 g/mol. The van der Waals surface area contributed by atoms with E-state index in [0.717, 1.165) is 30.9 Å². The highest BCUT2D eigenvalue weighted by molar-refractivity contribution is 5.90. The predicted molar refractivity (Wildman–Crippen MR) is 56.6 cm³/mol. The molecule has 3 N–H and O–H groups in total. The fraction of sp³-hybridized carbons (Fsp3) is 0.600. The smallest absolute Gasteiger partial charge is 0.287 e. The molecule has 0 radical (unpaired) electrons. The summed E-state index contributed by atoms with van der Waals surface area (Å²) in [6.45, 7) is 5.57. The molecule has 0 bridgehead atoms. The van der Waals surface area contributed by atoms with Crippen molar-refractivity contribution in [2.75, 3.05) is 6.54 Å². The molecule has 0 aliphatic carbocycles. The first-order valence-electron chi connectivity index (χ1n) is 5.26. The molecule has 0 atom stereocenters. The largest absolute Gasteiger partial charge is 0.347 e. The van der Waals surface area contributed by atoms with Crippen LogP contribution in [0.25, 0.3) is 0 Å². The molecule has 2 rings (SSSR count). The number of rotatable bonds is 2. The summed E-state index contributed by atoms with van der Waals surface area (Å²) in [4.78, 5) is 19.0. The normalized spacial score (nSPS) is 15.1. The van der Waals surface area contributed by atoms with E-state index >= 15 is 0 Å². The minimum atomic E-state index is -0.126. The number of aromatic nitrogens is 2. The summed E-state index contributed by atoms with van der Waals surface area (Å²) in [5.74, 6) is 0.303. The number of hydrogen-bond acceptors (Lipinski definition) is 3. The first-order chi connectivity index (χ1) is 7.16. The predicted octanol–water partition coefficient (Wildman–Crippen LogP) is 0.194. The van der Waals surface area contributed by atoms with Crippen molar-refractivity contribution in [1.29, 1.82) is 0 Å². The van der Waals surface area contributed by atoms with Crippen molar-refractivity contribution in [3.8, 4) is 0 Å². The minimum absolute atomic E-state index is 0.126. The molecule has 0 aromatic carbocycles. The summed E-state index contributed by atoms with van der Waals surface area (Å²) >= 11 is 0. The Hall–Kier alpha value is -1.36. The van der Waals surface area contributed by atoms with E-state index in [0.29, 0.717) is 5.82 Å². The Labute approximate surface area is 88.7 Å². The number of aromatic amines is 1. The molecular weight excluding hydrogens is 192 g/mol. The van der Waals surface area contributed by atoms with Gasteiger partial charge >= 0.3 is 0 Å². The number of fused-ring (bicyclic) bond motifs is 1. The van der Waals surface area contributed by atoms with Crippen molar-refractivity contribution in [3.05, 3.63) is 17.2 Å². The van der Waals surface area contributed by atoms with Gasteiger partial charge in [0.2, 0.25) is 0 Å². The van der Waals surface area contributed by atoms with Crippen molar-refractivity contribution in [3.63, 3.8) is 0 Å². The number of carbonyl (C=O) groups excluding carboxylic acids is 1. The maximum absolute atomic E-state index is 11.6. The molecule has 0 spiro atoms. The van der Waals surface area contributed by atoms with Gasteiger partial charge in [-0.2, -0.15) is 0 Å². The van der Waals surface area contributed by atoms with E-state index in [1.54, 1.807) is 0 Å². The zero-order valence-electron chi connectivity index (χ0n) is 9.05. The average molecular weight is 208 g/mol. The molecule has 0 unspecified atom stereocenters. The van der Waals surface area contributed by atoms with E-state index in [1.807, 2.05) is 13.8 Å². The summed E-state index contributed by atoms with van der Waals surface area (Å²) in [5, 5.41) is 6.05. The van der Waals surface area contributed by atoms with Crippen molar-refractivity contribution in [1.82, 2.24) is 20.6 Å². The van der Waals surface area contributed by atoms with E-state index in [1.165, 1.54) is 0 Å². The highest BCUT2D eigenvalue weighted by Gasteiger charge is 2.18. The summed E-state index contributed by atoms with van der Waals surface area (Å²) in [6, 6.07) is 0.137. The molecule has 2 heterocycles. The number of nitrogens with one attached hydrogen (secondary N) is 3. The van der Waals surface area contributed by atoms with Gasteiger partial charge in [0, 0.05) is 25.6 Å². The van der Waals surface area contributed by atoms with Gasteiger partial charge in [-0.05, 0) is 13.8 Å². The number of imidazole rings is 1. The molecule has 1 aliphatic rings. The van der Waals surface area contributed by atoms with Gasteiger partial charge < -0.3 is 15.6 Å². The van der Waals surface area contributed by atoms with Gasteiger partial charge in [-0.3, -0.25) is 4.79 Å². The summed E-state index contributed by atoms with van der Waals surface area (Å²) < 4.78 is 0. The Kier molecular flexibility index (Phi) is 2.73. The van der Waals surface area contributed by atoms with Crippen molar-refractivity contribution in [2.24, 2.45) is 0 Å². The van der Waals surface area contributed by atoms with Crippen LogP contribution in [0.3, 0.4) is 0 Å². The molecule has 82 valence electrons. The minimum Gasteiger partial charge on any atom is -0.347 e. The van der Waals surface area contributed by atoms with E-state index in [-0.39, 0.29) is 11.9 Å². The molecular formula is C10H16N4O. The van der Waals surface area contributed by atoms with Crippen LogP contribution in [0.5, 0.6) is 0 Å². The molecule has 15 heavy (non-hydrogen) atoms.